The Kier molecular flexibility index (Phi) is 3.99. The molecule has 0 aromatic carbocycles. The molecule has 1 N–H and O–H groups in total. The van der Waals surface area contributed by atoms with E-state index in [1.165, 1.54) is 13.4 Å². The third-order valence-electron chi connectivity index (χ3n) is 2.36. The fourth-order valence-corrected chi connectivity index (χ4v) is 1.75. The quantitative estimate of drug-likeness (QED) is 0.836. The number of aryl methyl sites for hydroxylation is 1. The number of nitrogens with one attached hydrogen (secondary N) is 1. The van der Waals surface area contributed by atoms with Crippen LogP contribution >= 0.6 is 11.6 Å². The van der Waals surface area contributed by atoms with Crippen LogP contribution in [0.15, 0.2) is 18.7 Å². The Morgan fingerprint density at radius 2 is 2.28 bits per heavy atom. The standard InChI is InChI=1S/C11H14ClN5O/c1-8-5-16-17(6-8)4-3-13-11-9(18-2)10(12)14-7-15-11/h5-7H,3-4H2,1-2H3,(H,13,14,15). The highest BCUT2D eigenvalue weighted by molar-refractivity contribution is 6.31. The minimum Gasteiger partial charge on any atom is -0.490 e. The van der Waals surface area contributed by atoms with E-state index in [0.29, 0.717) is 23.3 Å². The molecule has 6 nitrogen and oxygen atoms in total. The molecule has 2 aromatic heterocycles. The van der Waals surface area contributed by atoms with E-state index in [2.05, 4.69) is 20.4 Å². The maximum absolute atomic E-state index is 5.90. The zero-order chi connectivity index (χ0) is 13.0. The van der Waals surface area contributed by atoms with Crippen LogP contribution < -0.4 is 10.1 Å². The van der Waals surface area contributed by atoms with Gasteiger partial charge in [0.25, 0.3) is 0 Å². The van der Waals surface area contributed by atoms with Gasteiger partial charge in [-0.15, -0.1) is 0 Å². The Labute approximate surface area is 110 Å². The van der Waals surface area contributed by atoms with Gasteiger partial charge in [-0.3, -0.25) is 4.68 Å². The van der Waals surface area contributed by atoms with Crippen LogP contribution in [0.2, 0.25) is 5.15 Å². The molecule has 0 bridgehead atoms. The molecule has 0 saturated carbocycles. The van der Waals surface area contributed by atoms with Crippen molar-refractivity contribution in [1.29, 1.82) is 0 Å². The van der Waals surface area contributed by atoms with Crippen molar-refractivity contribution in [2.75, 3.05) is 19.0 Å². The lowest BCUT2D eigenvalue weighted by Gasteiger charge is -2.10. The van der Waals surface area contributed by atoms with Gasteiger partial charge in [0.05, 0.1) is 19.9 Å². The molecule has 0 atom stereocenters. The molecule has 0 aliphatic rings. The summed E-state index contributed by atoms with van der Waals surface area (Å²) >= 11 is 5.90. The average Bonchev–Trinajstić information content (AvgIpc) is 2.75. The topological polar surface area (TPSA) is 64.9 Å². The molecule has 0 spiro atoms. The third kappa shape index (κ3) is 2.89. The number of methoxy groups -OCH3 is 1. The smallest absolute Gasteiger partial charge is 0.198 e. The summed E-state index contributed by atoms with van der Waals surface area (Å²) in [4.78, 5) is 7.94. The van der Waals surface area contributed by atoms with Crippen molar-refractivity contribution < 1.29 is 4.74 Å². The molecule has 0 saturated heterocycles. The highest BCUT2D eigenvalue weighted by atomic mass is 35.5. The second kappa shape index (κ2) is 5.68. The van der Waals surface area contributed by atoms with Crippen LogP contribution in [0.5, 0.6) is 5.75 Å². The molecule has 96 valence electrons. The normalized spacial score (nSPS) is 10.4. The lowest BCUT2D eigenvalue weighted by molar-refractivity contribution is 0.412. The van der Waals surface area contributed by atoms with Crippen molar-refractivity contribution in [3.8, 4) is 5.75 Å². The van der Waals surface area contributed by atoms with Gasteiger partial charge >= 0.3 is 0 Å². The zero-order valence-electron chi connectivity index (χ0n) is 10.2. The van der Waals surface area contributed by atoms with E-state index >= 15 is 0 Å². The van der Waals surface area contributed by atoms with Gasteiger partial charge in [0.15, 0.2) is 16.7 Å². The lowest BCUT2D eigenvalue weighted by atomic mass is 10.4. The molecule has 2 heterocycles. The molecule has 0 radical (unpaired) electrons. The summed E-state index contributed by atoms with van der Waals surface area (Å²) in [5.74, 6) is 1.04. The maximum Gasteiger partial charge on any atom is 0.198 e. The molecule has 7 heteroatoms. The van der Waals surface area contributed by atoms with Crippen molar-refractivity contribution in [2.45, 2.75) is 13.5 Å². The van der Waals surface area contributed by atoms with Gasteiger partial charge in [0.2, 0.25) is 0 Å². The van der Waals surface area contributed by atoms with Gasteiger partial charge in [-0.2, -0.15) is 5.10 Å². The molecule has 2 aromatic rings. The molecule has 0 fully saturated rings. The van der Waals surface area contributed by atoms with Crippen molar-refractivity contribution in [2.24, 2.45) is 0 Å². The van der Waals surface area contributed by atoms with Crippen molar-refractivity contribution in [3.05, 3.63) is 29.4 Å². The Balaban J connectivity index is 1.96. The Hall–Kier alpha value is -1.82. The van der Waals surface area contributed by atoms with Gasteiger partial charge in [-0.25, -0.2) is 9.97 Å². The number of ether oxygens (including phenoxy) is 1. The highest BCUT2D eigenvalue weighted by Gasteiger charge is 2.09. The van der Waals surface area contributed by atoms with E-state index < -0.39 is 0 Å². The van der Waals surface area contributed by atoms with Crippen LogP contribution in [0.1, 0.15) is 5.56 Å². The third-order valence-corrected chi connectivity index (χ3v) is 2.63. The second-order valence-electron chi connectivity index (χ2n) is 3.75. The van der Waals surface area contributed by atoms with Crippen molar-refractivity contribution in [1.82, 2.24) is 19.7 Å². The highest BCUT2D eigenvalue weighted by Crippen LogP contribution is 2.27. The van der Waals surface area contributed by atoms with E-state index in [-0.39, 0.29) is 0 Å². The van der Waals surface area contributed by atoms with Gasteiger partial charge in [0.1, 0.15) is 6.33 Å². The summed E-state index contributed by atoms with van der Waals surface area (Å²) in [6.07, 6.45) is 5.19. The average molecular weight is 268 g/mol. The summed E-state index contributed by atoms with van der Waals surface area (Å²) in [6.45, 7) is 3.41. The Morgan fingerprint density at radius 3 is 2.94 bits per heavy atom. The number of halogens is 1. The zero-order valence-corrected chi connectivity index (χ0v) is 11.0. The fraction of sp³-hybridized carbons (Fsp3) is 0.364. The summed E-state index contributed by atoms with van der Waals surface area (Å²) in [5, 5.41) is 7.63. The van der Waals surface area contributed by atoms with E-state index in [1.54, 1.807) is 0 Å². The predicted molar refractivity (Wildman–Crippen MR) is 69.0 cm³/mol. The number of rotatable bonds is 5. The van der Waals surface area contributed by atoms with Gasteiger partial charge in [-0.1, -0.05) is 11.6 Å². The Morgan fingerprint density at radius 1 is 1.44 bits per heavy atom. The molecule has 0 aliphatic carbocycles. The first-order valence-electron chi connectivity index (χ1n) is 5.48. The maximum atomic E-state index is 5.90. The van der Waals surface area contributed by atoms with Crippen LogP contribution in [0.3, 0.4) is 0 Å². The summed E-state index contributed by atoms with van der Waals surface area (Å²) in [6, 6.07) is 0. The van der Waals surface area contributed by atoms with Gasteiger partial charge in [0, 0.05) is 12.7 Å². The molecule has 0 aliphatic heterocycles. The predicted octanol–water partition coefficient (Wildman–Crippen LogP) is 1.76. The van der Waals surface area contributed by atoms with Gasteiger partial charge < -0.3 is 10.1 Å². The van der Waals surface area contributed by atoms with Crippen LogP contribution in [-0.4, -0.2) is 33.4 Å². The first kappa shape index (κ1) is 12.6. The number of nitrogens with zero attached hydrogens (tertiary/aromatic N) is 4. The van der Waals surface area contributed by atoms with E-state index in [4.69, 9.17) is 16.3 Å². The van der Waals surface area contributed by atoms with E-state index in [0.717, 1.165) is 12.1 Å². The summed E-state index contributed by atoms with van der Waals surface area (Å²) in [7, 11) is 1.53. The lowest BCUT2D eigenvalue weighted by Crippen LogP contribution is -2.12. The molecule has 2 rings (SSSR count). The second-order valence-corrected chi connectivity index (χ2v) is 4.11. The number of aromatic nitrogens is 4. The minimum atomic E-state index is 0.296. The summed E-state index contributed by atoms with van der Waals surface area (Å²) in [5.41, 5.74) is 1.14. The SMILES string of the molecule is COc1c(Cl)ncnc1NCCn1cc(C)cn1. The van der Waals surface area contributed by atoms with Crippen LogP contribution in [0.4, 0.5) is 5.82 Å². The Bertz CT molecular complexity index is 528. The van der Waals surface area contributed by atoms with Crippen LogP contribution in [0, 0.1) is 6.92 Å². The first-order chi connectivity index (χ1) is 8.70. The molecule has 0 unspecified atom stereocenters. The van der Waals surface area contributed by atoms with E-state index in [9.17, 15) is 0 Å². The monoisotopic (exact) mass is 267 g/mol. The van der Waals surface area contributed by atoms with Gasteiger partial charge in [-0.05, 0) is 12.5 Å². The van der Waals surface area contributed by atoms with Crippen molar-refractivity contribution in [3.63, 3.8) is 0 Å². The van der Waals surface area contributed by atoms with Crippen LogP contribution in [-0.2, 0) is 6.54 Å². The molecular formula is C11H14ClN5O. The fourth-order valence-electron chi connectivity index (χ4n) is 1.54. The number of anilines is 1. The minimum absolute atomic E-state index is 0.296. The molecule has 0 amide bonds. The first-order valence-corrected chi connectivity index (χ1v) is 5.86. The van der Waals surface area contributed by atoms with Crippen LogP contribution in [0.25, 0.3) is 0 Å². The largest absolute Gasteiger partial charge is 0.490 e. The molecular weight excluding hydrogens is 254 g/mol. The summed E-state index contributed by atoms with van der Waals surface area (Å²) < 4.78 is 7.00. The van der Waals surface area contributed by atoms with Crippen molar-refractivity contribution >= 4 is 17.4 Å². The molecule has 18 heavy (non-hydrogen) atoms. The number of hydrogen-bond donors (Lipinski definition) is 1. The van der Waals surface area contributed by atoms with E-state index in [1.807, 2.05) is 24.0 Å². The number of hydrogen-bond acceptors (Lipinski definition) is 5.